The van der Waals surface area contributed by atoms with E-state index in [1.807, 2.05) is 36.4 Å². The molecule has 0 aliphatic carbocycles. The molecule has 0 saturated carbocycles. The van der Waals surface area contributed by atoms with Gasteiger partial charge in [0.05, 0.1) is 4.90 Å². The minimum absolute atomic E-state index is 0.00670. The first-order valence-electron chi connectivity index (χ1n) is 11.4. The van der Waals surface area contributed by atoms with Crippen molar-refractivity contribution in [2.45, 2.75) is 56.1 Å². The van der Waals surface area contributed by atoms with Gasteiger partial charge in [0.15, 0.2) is 0 Å². The lowest BCUT2D eigenvalue weighted by atomic mass is 10.1. The van der Waals surface area contributed by atoms with Crippen molar-refractivity contribution >= 4 is 39.2 Å². The zero-order valence-corrected chi connectivity index (χ0v) is 21.1. The molecule has 1 fully saturated rings. The van der Waals surface area contributed by atoms with Crippen LogP contribution in [0.15, 0.2) is 65.6 Å². The number of unbranched alkanes of at least 4 members (excludes halogenated alkanes) is 1. The number of carboxylic acid groups (broad SMARTS) is 1. The number of aliphatic carboxylic acids is 1. The molecule has 0 bridgehead atoms. The Morgan fingerprint density at radius 2 is 1.83 bits per heavy atom. The molecule has 3 rings (SSSR count). The van der Waals surface area contributed by atoms with Crippen molar-refractivity contribution in [2.24, 2.45) is 0 Å². The van der Waals surface area contributed by atoms with Crippen molar-refractivity contribution in [1.29, 1.82) is 0 Å². The van der Waals surface area contributed by atoms with Crippen LogP contribution in [0, 0.1) is 0 Å². The molecule has 8 nitrogen and oxygen atoms in total. The lowest BCUT2D eigenvalue weighted by molar-refractivity contribution is -0.137. The summed E-state index contributed by atoms with van der Waals surface area (Å²) in [6.45, 7) is 2.57. The standard InChI is InChI=1S/C25H30ClN3O5S/c1-18(30)27-21-11-7-19(8-12-21)16-29-17-22(15-23(29)5-3-2-4-6-25(31)32)28-35(33,34)24-13-9-20(26)10-14-24/h3,5,7-14,22-23,28H,2,4,6,15-17H2,1H3,(H,27,30)(H,31,32)/t22-,23-/m1/s1. The minimum atomic E-state index is -3.70. The predicted octanol–water partition coefficient (Wildman–Crippen LogP) is 4.03. The quantitative estimate of drug-likeness (QED) is 0.305. The van der Waals surface area contributed by atoms with E-state index in [4.69, 9.17) is 16.7 Å². The summed E-state index contributed by atoms with van der Waals surface area (Å²) in [4.78, 5) is 24.3. The molecule has 2 aromatic rings. The summed E-state index contributed by atoms with van der Waals surface area (Å²) in [6, 6.07) is 13.3. The SMILES string of the molecule is CC(=O)Nc1ccc(CN2C[C@H](NS(=O)(=O)c3ccc(Cl)cc3)C[C@H]2C=CCCCC(=O)O)cc1. The molecule has 0 spiro atoms. The summed E-state index contributed by atoms with van der Waals surface area (Å²) in [7, 11) is -3.70. The fraction of sp³-hybridized carbons (Fsp3) is 0.360. The summed E-state index contributed by atoms with van der Waals surface area (Å²) < 4.78 is 28.6. The summed E-state index contributed by atoms with van der Waals surface area (Å²) in [6.07, 6.45) is 5.90. The third kappa shape index (κ3) is 8.47. The molecule has 188 valence electrons. The van der Waals surface area contributed by atoms with E-state index in [0.717, 1.165) is 5.56 Å². The highest BCUT2D eigenvalue weighted by Gasteiger charge is 2.33. The van der Waals surface area contributed by atoms with Crippen LogP contribution in [-0.4, -0.2) is 48.9 Å². The number of anilines is 1. The molecule has 35 heavy (non-hydrogen) atoms. The predicted molar refractivity (Wildman–Crippen MR) is 136 cm³/mol. The van der Waals surface area contributed by atoms with Crippen LogP contribution < -0.4 is 10.0 Å². The minimum Gasteiger partial charge on any atom is -0.481 e. The lowest BCUT2D eigenvalue weighted by Gasteiger charge is -2.22. The fourth-order valence-corrected chi connectivity index (χ4v) is 5.42. The second-order valence-corrected chi connectivity index (χ2v) is 10.7. The monoisotopic (exact) mass is 519 g/mol. The van der Waals surface area contributed by atoms with Crippen molar-refractivity contribution in [2.75, 3.05) is 11.9 Å². The van der Waals surface area contributed by atoms with Crippen molar-refractivity contribution < 1.29 is 23.1 Å². The third-order valence-corrected chi connectivity index (χ3v) is 7.46. The van der Waals surface area contributed by atoms with E-state index >= 15 is 0 Å². The van der Waals surface area contributed by atoms with E-state index in [2.05, 4.69) is 14.9 Å². The number of nitrogens with one attached hydrogen (secondary N) is 2. The normalized spacial score (nSPS) is 18.7. The third-order valence-electron chi connectivity index (χ3n) is 5.68. The number of nitrogens with zero attached hydrogens (tertiary/aromatic N) is 1. The zero-order chi connectivity index (χ0) is 25.4. The van der Waals surface area contributed by atoms with Gasteiger partial charge in [0, 0.05) is 49.2 Å². The number of rotatable bonds is 11. The first-order chi connectivity index (χ1) is 16.6. The van der Waals surface area contributed by atoms with Crippen molar-refractivity contribution in [1.82, 2.24) is 9.62 Å². The Hall–Kier alpha value is -2.72. The Morgan fingerprint density at radius 1 is 1.14 bits per heavy atom. The Bertz CT molecular complexity index is 1150. The summed E-state index contributed by atoms with van der Waals surface area (Å²) >= 11 is 5.89. The number of benzene rings is 2. The van der Waals surface area contributed by atoms with Gasteiger partial charge in [-0.15, -0.1) is 0 Å². The van der Waals surface area contributed by atoms with Gasteiger partial charge < -0.3 is 10.4 Å². The van der Waals surface area contributed by atoms with Gasteiger partial charge in [-0.05, 0) is 61.2 Å². The van der Waals surface area contributed by atoms with Crippen molar-refractivity contribution in [3.05, 3.63) is 71.3 Å². The Labute approximate surface area is 211 Å². The van der Waals surface area contributed by atoms with Gasteiger partial charge in [-0.3, -0.25) is 14.5 Å². The number of hydrogen-bond donors (Lipinski definition) is 3. The number of carboxylic acids is 1. The molecule has 1 amide bonds. The molecule has 0 unspecified atom stereocenters. The number of amides is 1. The van der Waals surface area contributed by atoms with Crippen LogP contribution >= 0.6 is 11.6 Å². The molecule has 10 heteroatoms. The van der Waals surface area contributed by atoms with Crippen LogP contribution in [-0.2, 0) is 26.2 Å². The topological polar surface area (TPSA) is 116 Å². The molecule has 1 saturated heterocycles. The molecule has 2 atom stereocenters. The van der Waals surface area contributed by atoms with Crippen LogP contribution in [0.2, 0.25) is 5.02 Å². The van der Waals surface area contributed by atoms with Gasteiger partial charge in [-0.25, -0.2) is 13.1 Å². The molecule has 1 aliphatic heterocycles. The van der Waals surface area contributed by atoms with Gasteiger partial charge in [0.1, 0.15) is 0 Å². The van der Waals surface area contributed by atoms with E-state index in [9.17, 15) is 18.0 Å². The highest BCUT2D eigenvalue weighted by molar-refractivity contribution is 7.89. The highest BCUT2D eigenvalue weighted by atomic mass is 35.5. The molecule has 3 N–H and O–H groups in total. The summed E-state index contributed by atoms with van der Waals surface area (Å²) in [5.74, 6) is -0.957. The maximum atomic E-state index is 12.9. The van der Waals surface area contributed by atoms with E-state index in [0.29, 0.717) is 43.1 Å². The van der Waals surface area contributed by atoms with Crippen LogP contribution in [0.25, 0.3) is 0 Å². The molecule has 2 aromatic carbocycles. The number of sulfonamides is 1. The van der Waals surface area contributed by atoms with Crippen molar-refractivity contribution in [3.8, 4) is 0 Å². The van der Waals surface area contributed by atoms with Gasteiger partial charge in [-0.1, -0.05) is 35.9 Å². The molecule has 1 aliphatic rings. The number of halogens is 1. The lowest BCUT2D eigenvalue weighted by Crippen LogP contribution is -2.37. The molecular weight excluding hydrogens is 490 g/mol. The smallest absolute Gasteiger partial charge is 0.303 e. The summed E-state index contributed by atoms with van der Waals surface area (Å²) in [5.41, 5.74) is 1.75. The fourth-order valence-electron chi connectivity index (χ4n) is 4.06. The Morgan fingerprint density at radius 3 is 2.46 bits per heavy atom. The maximum absolute atomic E-state index is 12.9. The van der Waals surface area contributed by atoms with Crippen LogP contribution in [0.5, 0.6) is 0 Å². The number of hydrogen-bond acceptors (Lipinski definition) is 5. The van der Waals surface area contributed by atoms with E-state index in [1.54, 1.807) is 12.1 Å². The zero-order valence-electron chi connectivity index (χ0n) is 19.5. The molecule has 1 heterocycles. The molecular formula is C25H30ClN3O5S. The van der Waals surface area contributed by atoms with Crippen LogP contribution in [0.1, 0.15) is 38.2 Å². The van der Waals surface area contributed by atoms with Gasteiger partial charge in [0.2, 0.25) is 15.9 Å². The average Bonchev–Trinajstić information content (AvgIpc) is 3.14. The van der Waals surface area contributed by atoms with Gasteiger partial charge >= 0.3 is 5.97 Å². The Balaban J connectivity index is 1.70. The summed E-state index contributed by atoms with van der Waals surface area (Å²) in [5, 5.41) is 12.0. The van der Waals surface area contributed by atoms with E-state index < -0.39 is 16.0 Å². The average molecular weight is 520 g/mol. The van der Waals surface area contributed by atoms with Crippen LogP contribution in [0.3, 0.4) is 0 Å². The second kappa shape index (κ2) is 12.3. The number of carbonyl (C=O) groups excluding carboxylic acids is 1. The molecule has 0 aromatic heterocycles. The van der Waals surface area contributed by atoms with Gasteiger partial charge in [-0.2, -0.15) is 0 Å². The number of carbonyl (C=O) groups is 2. The highest BCUT2D eigenvalue weighted by Crippen LogP contribution is 2.25. The van der Waals surface area contributed by atoms with Crippen molar-refractivity contribution in [3.63, 3.8) is 0 Å². The number of likely N-dealkylation sites (tertiary alicyclic amines) is 1. The first kappa shape index (κ1) is 26.9. The van der Waals surface area contributed by atoms with Crippen LogP contribution in [0.4, 0.5) is 5.69 Å². The Kier molecular flexibility index (Phi) is 9.45. The maximum Gasteiger partial charge on any atom is 0.303 e. The molecule has 0 radical (unpaired) electrons. The second-order valence-electron chi connectivity index (χ2n) is 8.60. The number of allylic oxidation sites excluding steroid dienone is 1. The first-order valence-corrected chi connectivity index (χ1v) is 13.3. The largest absolute Gasteiger partial charge is 0.481 e. The van der Waals surface area contributed by atoms with E-state index in [1.165, 1.54) is 19.1 Å². The van der Waals surface area contributed by atoms with E-state index in [-0.39, 0.29) is 29.3 Å². The van der Waals surface area contributed by atoms with Gasteiger partial charge in [0.25, 0.3) is 0 Å².